The van der Waals surface area contributed by atoms with E-state index in [9.17, 15) is 19.5 Å². The Labute approximate surface area is 312 Å². The van der Waals surface area contributed by atoms with Gasteiger partial charge in [-0.15, -0.1) is 0 Å². The van der Waals surface area contributed by atoms with E-state index in [-0.39, 0.29) is 57.6 Å². The Morgan fingerprint density at radius 2 is 1.72 bits per heavy atom. The standard InChI is InChI=1S/C37H45ClF2N8O5/c1-23-29(21-48(43-23)16-17-53-5)26-9-10-28(34(40)33(26)39)31-19-41-35(45(31)4)36(51)42-25-7-8-27(30(38)18-25)37(52)47-14-12-46(13-15-47)32(50)11-6-24(22-49)20-44(2)3/h7-10,18-19,21,24,49H,6,11-17,20,22H2,1-5H3,(H,42,51). The molecular weight excluding hydrogens is 710 g/mol. The molecule has 1 fully saturated rings. The maximum Gasteiger partial charge on any atom is 0.291 e. The van der Waals surface area contributed by atoms with Gasteiger partial charge < -0.3 is 34.4 Å². The van der Waals surface area contributed by atoms with Crippen molar-refractivity contribution in [2.75, 3.05) is 72.5 Å². The monoisotopic (exact) mass is 754 g/mol. The molecule has 284 valence electrons. The molecule has 3 amide bonds. The van der Waals surface area contributed by atoms with Crippen molar-refractivity contribution in [3.63, 3.8) is 0 Å². The number of imidazole rings is 1. The van der Waals surface area contributed by atoms with E-state index >= 15 is 8.78 Å². The molecule has 2 aromatic heterocycles. The second-order valence-corrected chi connectivity index (χ2v) is 13.8. The maximum atomic E-state index is 15.5. The Hall–Kier alpha value is -4.70. The molecule has 0 radical (unpaired) electrons. The van der Waals surface area contributed by atoms with Crippen LogP contribution in [0.15, 0.2) is 42.7 Å². The van der Waals surface area contributed by atoms with Crippen molar-refractivity contribution < 1.29 is 33.0 Å². The highest BCUT2D eigenvalue weighted by Crippen LogP contribution is 2.33. The number of hydrogen-bond acceptors (Lipinski definition) is 8. The average Bonchev–Trinajstić information content (AvgIpc) is 3.71. The number of carbonyl (C=O) groups is 3. The summed E-state index contributed by atoms with van der Waals surface area (Å²) in [5, 5.41) is 16.8. The lowest BCUT2D eigenvalue weighted by Gasteiger charge is -2.35. The summed E-state index contributed by atoms with van der Waals surface area (Å²) in [5.74, 6) is -3.11. The smallest absolute Gasteiger partial charge is 0.291 e. The number of ether oxygens (including phenoxy) is 1. The van der Waals surface area contributed by atoms with Crippen LogP contribution in [0.1, 0.15) is 39.5 Å². The predicted molar refractivity (Wildman–Crippen MR) is 197 cm³/mol. The van der Waals surface area contributed by atoms with Crippen LogP contribution in [-0.2, 0) is 23.1 Å². The first kappa shape index (κ1) is 39.5. The van der Waals surface area contributed by atoms with Gasteiger partial charge in [-0.25, -0.2) is 13.8 Å². The van der Waals surface area contributed by atoms with Crippen molar-refractivity contribution in [2.24, 2.45) is 13.0 Å². The summed E-state index contributed by atoms with van der Waals surface area (Å²) in [6, 6.07) is 7.42. The van der Waals surface area contributed by atoms with E-state index in [2.05, 4.69) is 15.4 Å². The molecule has 1 saturated heterocycles. The van der Waals surface area contributed by atoms with E-state index in [0.717, 1.165) is 0 Å². The van der Waals surface area contributed by atoms with Gasteiger partial charge in [0.25, 0.3) is 11.8 Å². The number of aliphatic hydroxyl groups is 1. The lowest BCUT2D eigenvalue weighted by Crippen LogP contribution is -2.50. The number of nitrogens with one attached hydrogen (secondary N) is 1. The zero-order valence-corrected chi connectivity index (χ0v) is 31.3. The molecule has 3 heterocycles. The first-order valence-corrected chi connectivity index (χ1v) is 17.7. The van der Waals surface area contributed by atoms with Gasteiger partial charge in [0.2, 0.25) is 5.91 Å². The quantitative estimate of drug-likeness (QED) is 0.194. The van der Waals surface area contributed by atoms with E-state index in [1.165, 1.54) is 42.1 Å². The summed E-state index contributed by atoms with van der Waals surface area (Å²) in [7, 11) is 6.94. The number of carbonyl (C=O) groups excluding carboxylic acids is 3. The van der Waals surface area contributed by atoms with Gasteiger partial charge in [-0.1, -0.05) is 17.7 Å². The number of anilines is 1. The van der Waals surface area contributed by atoms with E-state index in [1.54, 1.807) is 40.8 Å². The maximum absolute atomic E-state index is 15.5. The number of piperazine rings is 1. The van der Waals surface area contributed by atoms with Gasteiger partial charge in [-0.2, -0.15) is 5.10 Å². The van der Waals surface area contributed by atoms with Gasteiger partial charge in [0, 0.05) is 88.5 Å². The van der Waals surface area contributed by atoms with Crippen molar-refractivity contribution in [3.05, 3.63) is 76.5 Å². The van der Waals surface area contributed by atoms with E-state index in [1.807, 2.05) is 19.0 Å². The normalized spacial score (nSPS) is 13.8. The Morgan fingerprint density at radius 3 is 2.38 bits per heavy atom. The molecule has 4 aromatic rings. The van der Waals surface area contributed by atoms with Crippen LogP contribution < -0.4 is 5.32 Å². The van der Waals surface area contributed by atoms with Crippen LogP contribution in [0.5, 0.6) is 0 Å². The van der Waals surface area contributed by atoms with E-state index < -0.39 is 17.5 Å². The third-order valence-corrected chi connectivity index (χ3v) is 9.65. The highest BCUT2D eigenvalue weighted by Gasteiger charge is 2.27. The van der Waals surface area contributed by atoms with E-state index in [0.29, 0.717) is 75.7 Å². The minimum absolute atomic E-state index is 0.00370. The molecule has 0 bridgehead atoms. The second kappa shape index (κ2) is 17.4. The summed E-state index contributed by atoms with van der Waals surface area (Å²) in [6.07, 6.45) is 3.85. The van der Waals surface area contributed by atoms with Crippen molar-refractivity contribution in [1.82, 2.24) is 34.0 Å². The van der Waals surface area contributed by atoms with Gasteiger partial charge in [0.05, 0.1) is 41.3 Å². The Kier molecular flexibility index (Phi) is 13.0. The molecule has 2 aromatic carbocycles. The van der Waals surface area contributed by atoms with Crippen LogP contribution in [0.2, 0.25) is 5.02 Å². The molecule has 13 nitrogen and oxygen atoms in total. The number of benzene rings is 2. The number of aryl methyl sites for hydroxylation is 1. The number of aromatic nitrogens is 4. The number of aliphatic hydroxyl groups excluding tert-OH is 1. The minimum atomic E-state index is -1.09. The van der Waals surface area contributed by atoms with Crippen molar-refractivity contribution in [3.8, 4) is 22.4 Å². The Bertz CT molecular complexity index is 1960. The first-order chi connectivity index (χ1) is 25.3. The summed E-state index contributed by atoms with van der Waals surface area (Å²) < 4.78 is 39.0. The molecular formula is C37H45ClF2N8O5. The summed E-state index contributed by atoms with van der Waals surface area (Å²) in [5.41, 5.74) is 1.71. The third kappa shape index (κ3) is 9.10. The molecule has 0 saturated carbocycles. The third-order valence-electron chi connectivity index (χ3n) is 9.34. The zero-order valence-electron chi connectivity index (χ0n) is 30.5. The average molecular weight is 755 g/mol. The number of halogens is 3. The first-order valence-electron chi connectivity index (χ1n) is 17.3. The molecule has 1 atom stereocenters. The highest BCUT2D eigenvalue weighted by molar-refractivity contribution is 6.34. The van der Waals surface area contributed by atoms with Crippen LogP contribution in [-0.4, -0.2) is 124 Å². The minimum Gasteiger partial charge on any atom is -0.396 e. The lowest BCUT2D eigenvalue weighted by atomic mass is 10.0. The molecule has 53 heavy (non-hydrogen) atoms. The summed E-state index contributed by atoms with van der Waals surface area (Å²) in [4.78, 5) is 48.9. The lowest BCUT2D eigenvalue weighted by molar-refractivity contribution is -0.133. The number of rotatable bonds is 14. The summed E-state index contributed by atoms with van der Waals surface area (Å²) >= 11 is 6.51. The molecule has 1 aliphatic rings. The van der Waals surface area contributed by atoms with Gasteiger partial charge in [-0.3, -0.25) is 19.1 Å². The van der Waals surface area contributed by atoms with Crippen LogP contribution in [0.25, 0.3) is 22.4 Å². The van der Waals surface area contributed by atoms with Crippen LogP contribution in [0.3, 0.4) is 0 Å². The molecule has 0 aliphatic carbocycles. The van der Waals surface area contributed by atoms with Crippen molar-refractivity contribution in [1.29, 1.82) is 0 Å². The Balaban J connectivity index is 1.20. The van der Waals surface area contributed by atoms with Crippen molar-refractivity contribution >= 4 is 35.0 Å². The molecule has 1 unspecified atom stereocenters. The fourth-order valence-corrected chi connectivity index (χ4v) is 6.69. The van der Waals surface area contributed by atoms with Gasteiger partial charge in [0.15, 0.2) is 17.5 Å². The summed E-state index contributed by atoms with van der Waals surface area (Å²) in [6.45, 7) is 4.77. The van der Waals surface area contributed by atoms with Gasteiger partial charge >= 0.3 is 0 Å². The van der Waals surface area contributed by atoms with Gasteiger partial charge in [-0.05, 0) is 57.6 Å². The van der Waals surface area contributed by atoms with Crippen LogP contribution in [0.4, 0.5) is 14.5 Å². The number of methoxy groups -OCH3 is 1. The van der Waals surface area contributed by atoms with E-state index in [4.69, 9.17) is 16.3 Å². The topological polar surface area (TPSA) is 138 Å². The van der Waals surface area contributed by atoms with Crippen molar-refractivity contribution in [2.45, 2.75) is 26.3 Å². The molecule has 1 aliphatic heterocycles. The predicted octanol–water partition coefficient (Wildman–Crippen LogP) is 4.32. The number of nitrogens with zero attached hydrogens (tertiary/aromatic N) is 7. The largest absolute Gasteiger partial charge is 0.396 e. The molecule has 0 spiro atoms. The van der Waals surface area contributed by atoms with Crippen LogP contribution in [0, 0.1) is 24.5 Å². The number of amides is 3. The molecule has 2 N–H and O–H groups in total. The van der Waals surface area contributed by atoms with Crippen LogP contribution >= 0.6 is 11.6 Å². The second-order valence-electron chi connectivity index (χ2n) is 13.4. The molecule has 16 heteroatoms. The Morgan fingerprint density at radius 1 is 1.04 bits per heavy atom. The fourth-order valence-electron chi connectivity index (χ4n) is 6.43. The SMILES string of the molecule is COCCn1cc(-c2ccc(-c3cnc(C(=O)Nc4ccc(C(=O)N5CCN(C(=O)CCC(CO)CN(C)C)CC5)c(Cl)c4)n3C)c(F)c2F)c(C)n1. The zero-order chi connectivity index (χ0) is 38.4. The highest BCUT2D eigenvalue weighted by atomic mass is 35.5. The fraction of sp³-hybridized carbons (Fsp3) is 0.432. The van der Waals surface area contributed by atoms with Gasteiger partial charge in [0.1, 0.15) is 0 Å². The number of hydrogen-bond donors (Lipinski definition) is 2. The molecule has 5 rings (SSSR count).